The average molecular weight is 421 g/mol. The van der Waals surface area contributed by atoms with E-state index >= 15 is 0 Å². The van der Waals surface area contributed by atoms with Crippen molar-refractivity contribution in [1.29, 1.82) is 0 Å². The molecule has 0 fully saturated rings. The first-order valence-corrected chi connectivity index (χ1v) is 11.6. The molecule has 0 amide bonds. The monoisotopic (exact) mass is 420 g/mol. The fraction of sp³-hybridized carbons (Fsp3) is 0.588. The van der Waals surface area contributed by atoms with Crippen LogP contribution in [0, 0.1) is 5.92 Å². The number of esters is 1. The first kappa shape index (κ1) is 23.5. The molecule has 0 heterocycles. The lowest BCUT2D eigenvalue weighted by Gasteiger charge is -2.19. The summed E-state index contributed by atoms with van der Waals surface area (Å²) < 4.78 is 58.4. The Kier molecular flexibility index (Phi) is 8.40. The SMILES string of the molecule is CCN(CC)S(=O)(=O)c1ccc(S(=O)(=O)N[C@H](CC(C)C)C(=O)OC)cc1. The van der Waals surface area contributed by atoms with Gasteiger partial charge in [0.15, 0.2) is 0 Å². The van der Waals surface area contributed by atoms with Crippen LogP contribution in [0.15, 0.2) is 34.1 Å². The Balaban J connectivity index is 3.13. The summed E-state index contributed by atoms with van der Waals surface area (Å²) in [5, 5.41) is 0. The third-order valence-corrected chi connectivity index (χ3v) is 7.52. The number of methoxy groups -OCH3 is 1. The summed E-state index contributed by atoms with van der Waals surface area (Å²) in [4.78, 5) is 11.7. The molecule has 27 heavy (non-hydrogen) atoms. The molecule has 1 aromatic carbocycles. The van der Waals surface area contributed by atoms with Crippen LogP contribution in [0.3, 0.4) is 0 Å². The van der Waals surface area contributed by atoms with E-state index in [0.29, 0.717) is 13.1 Å². The van der Waals surface area contributed by atoms with E-state index in [-0.39, 0.29) is 22.1 Å². The number of nitrogens with zero attached hydrogens (tertiary/aromatic N) is 1. The number of hydrogen-bond acceptors (Lipinski definition) is 6. The molecule has 0 saturated heterocycles. The molecular weight excluding hydrogens is 392 g/mol. The maximum absolute atomic E-state index is 12.6. The highest BCUT2D eigenvalue weighted by molar-refractivity contribution is 7.89. The first-order chi connectivity index (χ1) is 12.5. The van der Waals surface area contributed by atoms with Gasteiger partial charge in [-0.1, -0.05) is 27.7 Å². The predicted octanol–water partition coefficient (Wildman–Crippen LogP) is 1.58. The summed E-state index contributed by atoms with van der Waals surface area (Å²) >= 11 is 0. The lowest BCUT2D eigenvalue weighted by atomic mass is 10.1. The standard InChI is InChI=1S/C17H28N2O6S2/c1-6-19(7-2)27(23,24)15-10-8-14(9-11-15)26(21,22)18-16(12-13(3)4)17(20)25-5/h8-11,13,16,18H,6-7,12H2,1-5H3/t16-/m1/s1. The van der Waals surface area contributed by atoms with E-state index in [1.54, 1.807) is 13.8 Å². The highest BCUT2D eigenvalue weighted by Crippen LogP contribution is 2.19. The lowest BCUT2D eigenvalue weighted by Crippen LogP contribution is -2.42. The van der Waals surface area contributed by atoms with Gasteiger partial charge in [-0.15, -0.1) is 0 Å². The Morgan fingerprint density at radius 2 is 1.52 bits per heavy atom. The van der Waals surface area contributed by atoms with Gasteiger partial charge >= 0.3 is 5.97 Å². The summed E-state index contributed by atoms with van der Waals surface area (Å²) in [6.45, 7) is 7.80. The van der Waals surface area contributed by atoms with Crippen molar-refractivity contribution in [3.05, 3.63) is 24.3 Å². The number of carbonyl (C=O) groups excluding carboxylic acids is 1. The zero-order chi connectivity index (χ0) is 20.8. The van der Waals surface area contributed by atoms with E-state index in [0.717, 1.165) is 0 Å². The molecule has 8 nitrogen and oxygen atoms in total. The molecule has 0 aromatic heterocycles. The van der Waals surface area contributed by atoms with Gasteiger partial charge in [0.25, 0.3) is 0 Å². The lowest BCUT2D eigenvalue weighted by molar-refractivity contribution is -0.143. The maximum atomic E-state index is 12.6. The van der Waals surface area contributed by atoms with E-state index in [2.05, 4.69) is 9.46 Å². The van der Waals surface area contributed by atoms with Crippen molar-refractivity contribution in [2.45, 2.75) is 49.9 Å². The minimum absolute atomic E-state index is 0.0110. The molecule has 0 aliphatic heterocycles. The molecule has 0 bridgehead atoms. The van der Waals surface area contributed by atoms with Gasteiger partial charge in [-0.05, 0) is 36.6 Å². The smallest absolute Gasteiger partial charge is 0.323 e. The molecule has 0 radical (unpaired) electrons. The number of carbonyl (C=O) groups is 1. The summed E-state index contributed by atoms with van der Waals surface area (Å²) in [7, 11) is -6.50. The van der Waals surface area contributed by atoms with Gasteiger partial charge < -0.3 is 4.74 Å². The van der Waals surface area contributed by atoms with Crippen LogP contribution in [0.5, 0.6) is 0 Å². The van der Waals surface area contributed by atoms with Crippen molar-refractivity contribution < 1.29 is 26.4 Å². The molecule has 1 atom stereocenters. The van der Waals surface area contributed by atoms with E-state index in [9.17, 15) is 21.6 Å². The van der Waals surface area contributed by atoms with E-state index in [1.807, 2.05) is 13.8 Å². The van der Waals surface area contributed by atoms with Gasteiger partial charge in [0.1, 0.15) is 6.04 Å². The molecule has 0 aliphatic rings. The largest absolute Gasteiger partial charge is 0.468 e. The van der Waals surface area contributed by atoms with Gasteiger partial charge in [-0.25, -0.2) is 16.8 Å². The topological polar surface area (TPSA) is 110 Å². The van der Waals surface area contributed by atoms with Crippen LogP contribution in [0.25, 0.3) is 0 Å². The van der Waals surface area contributed by atoms with Crippen molar-refractivity contribution >= 4 is 26.0 Å². The van der Waals surface area contributed by atoms with Gasteiger partial charge in [0.05, 0.1) is 16.9 Å². The van der Waals surface area contributed by atoms with Gasteiger partial charge in [0.2, 0.25) is 20.0 Å². The van der Waals surface area contributed by atoms with Crippen LogP contribution in [-0.4, -0.2) is 53.4 Å². The molecule has 0 aliphatic carbocycles. The minimum Gasteiger partial charge on any atom is -0.468 e. The third-order valence-electron chi connectivity index (χ3n) is 3.97. The summed E-state index contributed by atoms with van der Waals surface area (Å²) in [5.74, 6) is -0.605. The van der Waals surface area contributed by atoms with Gasteiger partial charge in [-0.2, -0.15) is 9.03 Å². The summed E-state index contributed by atoms with van der Waals surface area (Å²) in [6, 6.07) is 3.90. The maximum Gasteiger partial charge on any atom is 0.323 e. The van der Waals surface area contributed by atoms with E-state index < -0.39 is 32.1 Å². The van der Waals surface area contributed by atoms with Crippen molar-refractivity contribution in [2.24, 2.45) is 5.92 Å². The molecule has 10 heteroatoms. The number of benzene rings is 1. The second kappa shape index (κ2) is 9.63. The molecular formula is C17H28N2O6S2. The fourth-order valence-electron chi connectivity index (χ4n) is 2.56. The van der Waals surface area contributed by atoms with E-state index in [1.165, 1.54) is 35.7 Å². The Labute approximate surface area is 162 Å². The zero-order valence-electron chi connectivity index (χ0n) is 16.3. The predicted molar refractivity (Wildman–Crippen MR) is 102 cm³/mol. The van der Waals surface area contributed by atoms with Crippen LogP contribution in [0.1, 0.15) is 34.1 Å². The second-order valence-corrected chi connectivity index (χ2v) is 10.0. The van der Waals surface area contributed by atoms with Crippen LogP contribution >= 0.6 is 0 Å². The highest BCUT2D eigenvalue weighted by Gasteiger charge is 2.28. The molecule has 1 aromatic rings. The van der Waals surface area contributed by atoms with Crippen LogP contribution in [0.4, 0.5) is 0 Å². The van der Waals surface area contributed by atoms with Crippen LogP contribution < -0.4 is 4.72 Å². The highest BCUT2D eigenvalue weighted by atomic mass is 32.2. The Morgan fingerprint density at radius 3 is 1.93 bits per heavy atom. The third kappa shape index (κ3) is 6.00. The van der Waals surface area contributed by atoms with Crippen LogP contribution in [0.2, 0.25) is 0 Å². The average Bonchev–Trinajstić information content (AvgIpc) is 2.60. The zero-order valence-corrected chi connectivity index (χ0v) is 17.9. The number of ether oxygens (including phenoxy) is 1. The van der Waals surface area contributed by atoms with E-state index in [4.69, 9.17) is 0 Å². The number of nitrogens with one attached hydrogen (secondary N) is 1. The van der Waals surface area contributed by atoms with Crippen molar-refractivity contribution in [3.8, 4) is 0 Å². The molecule has 0 unspecified atom stereocenters. The molecule has 1 rings (SSSR count). The number of rotatable bonds is 10. The summed E-state index contributed by atoms with van der Waals surface area (Å²) in [5.41, 5.74) is 0. The van der Waals surface area contributed by atoms with Gasteiger partial charge in [0, 0.05) is 13.1 Å². The van der Waals surface area contributed by atoms with Crippen LogP contribution in [-0.2, 0) is 29.6 Å². The van der Waals surface area contributed by atoms with Crippen molar-refractivity contribution in [3.63, 3.8) is 0 Å². The van der Waals surface area contributed by atoms with Crippen molar-refractivity contribution in [2.75, 3.05) is 20.2 Å². The normalized spacial score (nSPS) is 13.7. The summed E-state index contributed by atoms with van der Waals surface area (Å²) in [6.07, 6.45) is 0.278. The Morgan fingerprint density at radius 1 is 1.04 bits per heavy atom. The van der Waals surface area contributed by atoms with Crippen molar-refractivity contribution in [1.82, 2.24) is 9.03 Å². The first-order valence-electron chi connectivity index (χ1n) is 8.69. The van der Waals surface area contributed by atoms with Gasteiger partial charge in [-0.3, -0.25) is 4.79 Å². The Bertz CT molecular complexity index is 829. The number of sulfonamides is 2. The molecule has 154 valence electrons. The molecule has 0 spiro atoms. The quantitative estimate of drug-likeness (QED) is 0.576. The number of hydrogen-bond donors (Lipinski definition) is 1. The Hall–Kier alpha value is -1.49. The molecule has 0 saturated carbocycles. The second-order valence-electron chi connectivity index (χ2n) is 6.39. The molecule has 1 N–H and O–H groups in total. The fourth-order valence-corrected chi connectivity index (χ4v) is 5.22. The minimum atomic E-state index is -4.01.